The predicted octanol–water partition coefficient (Wildman–Crippen LogP) is 2.77. The molecule has 0 atom stereocenters. The highest BCUT2D eigenvalue weighted by Crippen LogP contribution is 2.24. The molecule has 6 heteroatoms. The molecule has 6 nitrogen and oxygen atoms in total. The van der Waals surface area contributed by atoms with Crippen molar-refractivity contribution < 1.29 is 9.90 Å². The molecule has 0 saturated carbocycles. The van der Waals surface area contributed by atoms with Gasteiger partial charge in [0.25, 0.3) is 11.2 Å². The Morgan fingerprint density at radius 2 is 1.88 bits per heavy atom. The summed E-state index contributed by atoms with van der Waals surface area (Å²) < 4.78 is 1.16. The first-order valence-corrected chi connectivity index (χ1v) is 7.96. The van der Waals surface area contributed by atoms with Crippen molar-refractivity contribution in [3.63, 3.8) is 0 Å². The van der Waals surface area contributed by atoms with Gasteiger partial charge in [0.2, 0.25) is 5.91 Å². The lowest BCUT2D eigenvalue weighted by Crippen LogP contribution is -2.34. The summed E-state index contributed by atoms with van der Waals surface area (Å²) in [6.07, 6.45) is 0. The Kier molecular flexibility index (Phi) is 5.60. The van der Waals surface area contributed by atoms with E-state index in [1.807, 2.05) is 30.3 Å². The van der Waals surface area contributed by atoms with Crippen LogP contribution < -0.4 is 5.56 Å². The molecule has 25 heavy (non-hydrogen) atoms. The minimum Gasteiger partial charge on any atom is -0.494 e. The average molecular weight is 339 g/mol. The highest BCUT2D eigenvalue weighted by molar-refractivity contribution is 5.73. The number of amides is 1. The Bertz CT molecular complexity index is 880. The van der Waals surface area contributed by atoms with Crippen LogP contribution in [0, 0.1) is 20.4 Å². The largest absolute Gasteiger partial charge is 0.494 e. The minimum absolute atomic E-state index is 0.00716. The highest BCUT2D eigenvalue weighted by atomic mass is 16.3. The smallest absolute Gasteiger partial charge is 0.259 e. The van der Waals surface area contributed by atoms with Crippen LogP contribution in [0.15, 0.2) is 35.1 Å². The van der Waals surface area contributed by atoms with Crippen molar-refractivity contribution in [3.8, 4) is 5.88 Å². The molecule has 0 radical (unpaired) electrons. The summed E-state index contributed by atoms with van der Waals surface area (Å²) >= 11 is 0. The van der Waals surface area contributed by atoms with Gasteiger partial charge in [0.05, 0.1) is 6.57 Å². The standard InChI is InChI=1S/C19H21N3O3/c1-13-14(2)18(24)22(19(25)17(13)20-4)11-10-21(15(3)23)12-16-8-6-5-7-9-16/h5-9,24H,10-12H2,1-3H3. The van der Waals surface area contributed by atoms with Crippen molar-refractivity contribution in [2.45, 2.75) is 33.9 Å². The summed E-state index contributed by atoms with van der Waals surface area (Å²) in [6, 6.07) is 9.55. The lowest BCUT2D eigenvalue weighted by atomic mass is 10.1. The van der Waals surface area contributed by atoms with Crippen LogP contribution in [-0.2, 0) is 17.9 Å². The van der Waals surface area contributed by atoms with Gasteiger partial charge in [-0.25, -0.2) is 4.85 Å². The van der Waals surface area contributed by atoms with Crippen molar-refractivity contribution in [1.82, 2.24) is 9.47 Å². The van der Waals surface area contributed by atoms with Crippen LogP contribution in [0.1, 0.15) is 23.6 Å². The van der Waals surface area contributed by atoms with E-state index in [-0.39, 0.29) is 30.6 Å². The minimum atomic E-state index is -0.529. The molecular weight excluding hydrogens is 318 g/mol. The fourth-order valence-corrected chi connectivity index (χ4v) is 2.64. The van der Waals surface area contributed by atoms with E-state index in [1.165, 1.54) is 6.92 Å². The first-order valence-electron chi connectivity index (χ1n) is 7.96. The first kappa shape index (κ1) is 18.3. The van der Waals surface area contributed by atoms with Gasteiger partial charge < -0.3 is 10.0 Å². The molecule has 2 rings (SSSR count). The number of carbonyl (C=O) groups is 1. The van der Waals surface area contributed by atoms with Gasteiger partial charge in [-0.15, -0.1) is 0 Å². The maximum absolute atomic E-state index is 12.4. The fourth-order valence-electron chi connectivity index (χ4n) is 2.64. The van der Waals surface area contributed by atoms with Crippen LogP contribution in [0.3, 0.4) is 0 Å². The van der Waals surface area contributed by atoms with Crippen molar-refractivity contribution >= 4 is 11.6 Å². The van der Waals surface area contributed by atoms with E-state index in [1.54, 1.807) is 18.7 Å². The lowest BCUT2D eigenvalue weighted by Gasteiger charge is -2.23. The van der Waals surface area contributed by atoms with Gasteiger partial charge in [0.15, 0.2) is 5.88 Å². The highest BCUT2D eigenvalue weighted by Gasteiger charge is 2.18. The van der Waals surface area contributed by atoms with E-state index in [2.05, 4.69) is 4.85 Å². The Labute approximate surface area is 146 Å². The molecule has 1 aromatic carbocycles. The molecule has 0 aliphatic carbocycles. The fraction of sp³-hybridized carbons (Fsp3) is 0.316. The summed E-state index contributed by atoms with van der Waals surface area (Å²) in [5, 5.41) is 10.3. The van der Waals surface area contributed by atoms with Gasteiger partial charge in [-0.05, 0) is 25.0 Å². The molecule has 2 aromatic rings. The SMILES string of the molecule is [C-]#[N+]c1c(C)c(C)c(O)n(CCN(Cc2ccccc2)C(C)=O)c1=O. The van der Waals surface area contributed by atoms with Gasteiger partial charge >= 0.3 is 0 Å². The van der Waals surface area contributed by atoms with Gasteiger partial charge in [-0.2, -0.15) is 0 Å². The summed E-state index contributed by atoms with van der Waals surface area (Å²) in [6.45, 7) is 12.8. The number of hydrogen-bond acceptors (Lipinski definition) is 3. The third-order valence-corrected chi connectivity index (χ3v) is 4.32. The van der Waals surface area contributed by atoms with Gasteiger partial charge in [-0.3, -0.25) is 14.2 Å². The monoisotopic (exact) mass is 339 g/mol. The molecule has 1 aromatic heterocycles. The van der Waals surface area contributed by atoms with Gasteiger partial charge in [0.1, 0.15) is 0 Å². The van der Waals surface area contributed by atoms with E-state index < -0.39 is 5.56 Å². The number of nitrogens with zero attached hydrogens (tertiary/aromatic N) is 3. The number of carbonyl (C=O) groups excluding carboxylic acids is 1. The molecule has 1 heterocycles. The summed E-state index contributed by atoms with van der Waals surface area (Å²) in [4.78, 5) is 29.2. The Morgan fingerprint density at radius 3 is 2.44 bits per heavy atom. The van der Waals surface area contributed by atoms with Crippen LogP contribution in [0.4, 0.5) is 5.69 Å². The van der Waals surface area contributed by atoms with Crippen molar-refractivity contribution in [2.75, 3.05) is 6.54 Å². The van der Waals surface area contributed by atoms with Crippen LogP contribution in [0.5, 0.6) is 5.88 Å². The van der Waals surface area contributed by atoms with Crippen molar-refractivity contribution in [2.24, 2.45) is 0 Å². The zero-order valence-electron chi connectivity index (χ0n) is 14.6. The third-order valence-electron chi connectivity index (χ3n) is 4.32. The Hall–Kier alpha value is -3.07. The number of benzene rings is 1. The maximum Gasteiger partial charge on any atom is 0.259 e. The number of hydrogen-bond donors (Lipinski definition) is 1. The molecule has 0 spiro atoms. The van der Waals surface area contributed by atoms with Crippen molar-refractivity contribution in [1.29, 1.82) is 0 Å². The van der Waals surface area contributed by atoms with Gasteiger partial charge in [0, 0.05) is 32.1 Å². The van der Waals surface area contributed by atoms with Gasteiger partial charge in [-0.1, -0.05) is 30.3 Å². The quantitative estimate of drug-likeness (QED) is 0.852. The molecule has 0 aliphatic heterocycles. The molecule has 0 bridgehead atoms. The third kappa shape index (κ3) is 3.89. The van der Waals surface area contributed by atoms with Crippen molar-refractivity contribution in [3.05, 3.63) is 68.8 Å². The number of aromatic hydroxyl groups is 1. The number of rotatable bonds is 5. The molecule has 1 amide bonds. The van der Waals surface area contributed by atoms with Crippen LogP contribution >= 0.6 is 0 Å². The zero-order chi connectivity index (χ0) is 18.6. The first-order chi connectivity index (χ1) is 11.9. The summed E-state index contributed by atoms with van der Waals surface area (Å²) in [5.74, 6) is -0.274. The van der Waals surface area contributed by atoms with Crippen LogP contribution in [-0.4, -0.2) is 27.0 Å². The molecule has 0 fully saturated rings. The predicted molar refractivity (Wildman–Crippen MR) is 95.6 cm³/mol. The average Bonchev–Trinajstić information content (AvgIpc) is 2.60. The lowest BCUT2D eigenvalue weighted by molar-refractivity contribution is -0.129. The second-order valence-electron chi connectivity index (χ2n) is 5.92. The topological polar surface area (TPSA) is 66.9 Å². The van der Waals surface area contributed by atoms with E-state index in [4.69, 9.17) is 6.57 Å². The molecule has 0 saturated heterocycles. The normalized spacial score (nSPS) is 10.3. The number of pyridine rings is 1. The Morgan fingerprint density at radius 1 is 1.24 bits per heavy atom. The van der Waals surface area contributed by atoms with E-state index in [0.29, 0.717) is 17.7 Å². The van der Waals surface area contributed by atoms with E-state index in [0.717, 1.165) is 10.1 Å². The maximum atomic E-state index is 12.4. The molecule has 130 valence electrons. The Balaban J connectivity index is 2.27. The second-order valence-corrected chi connectivity index (χ2v) is 5.92. The summed E-state index contributed by atoms with van der Waals surface area (Å²) in [5.41, 5.74) is 1.45. The molecule has 0 unspecified atom stereocenters. The summed E-state index contributed by atoms with van der Waals surface area (Å²) in [7, 11) is 0. The van der Waals surface area contributed by atoms with Crippen LogP contribution in [0.25, 0.3) is 4.85 Å². The van der Waals surface area contributed by atoms with Crippen LogP contribution in [0.2, 0.25) is 0 Å². The molecular formula is C19H21N3O3. The number of aromatic nitrogens is 1. The molecule has 1 N–H and O–H groups in total. The second kappa shape index (κ2) is 7.67. The van der Waals surface area contributed by atoms with E-state index in [9.17, 15) is 14.7 Å². The zero-order valence-corrected chi connectivity index (χ0v) is 14.6. The molecule has 0 aliphatic rings. The van der Waals surface area contributed by atoms with E-state index >= 15 is 0 Å².